The quantitative estimate of drug-likeness (QED) is 0.810. The highest BCUT2D eigenvalue weighted by atomic mass is 16.5. The molecule has 0 aromatic carbocycles. The van der Waals surface area contributed by atoms with Crippen molar-refractivity contribution in [3.63, 3.8) is 0 Å². The van der Waals surface area contributed by atoms with E-state index >= 15 is 0 Å². The Balaban J connectivity index is 2.54. The van der Waals surface area contributed by atoms with Gasteiger partial charge in [-0.05, 0) is 33.1 Å². The number of likely N-dealkylation sites (tertiary alicyclic amines) is 1. The molecule has 0 aliphatic carbocycles. The molecule has 0 radical (unpaired) electrons. The van der Waals surface area contributed by atoms with Crippen LogP contribution in [0.4, 0.5) is 0 Å². The minimum absolute atomic E-state index is 0.0392. The predicted octanol–water partition coefficient (Wildman–Crippen LogP) is 1.51. The molecular weight excluding hydrogens is 234 g/mol. The molecule has 0 saturated carbocycles. The van der Waals surface area contributed by atoms with Gasteiger partial charge in [0, 0.05) is 26.1 Å². The van der Waals surface area contributed by atoms with E-state index in [4.69, 9.17) is 9.84 Å². The molecule has 18 heavy (non-hydrogen) atoms. The summed E-state index contributed by atoms with van der Waals surface area (Å²) in [7, 11) is 1.62. The summed E-state index contributed by atoms with van der Waals surface area (Å²) < 4.78 is 5.11. The summed E-state index contributed by atoms with van der Waals surface area (Å²) in [4.78, 5) is 24.9. The number of piperidine rings is 1. The van der Waals surface area contributed by atoms with E-state index in [0.29, 0.717) is 25.8 Å². The van der Waals surface area contributed by atoms with Gasteiger partial charge in [-0.2, -0.15) is 0 Å². The van der Waals surface area contributed by atoms with E-state index in [9.17, 15) is 9.59 Å². The Morgan fingerprint density at radius 1 is 1.50 bits per heavy atom. The summed E-state index contributed by atoms with van der Waals surface area (Å²) in [6, 6.07) is -0.207. The van der Waals surface area contributed by atoms with E-state index in [2.05, 4.69) is 0 Å². The summed E-state index contributed by atoms with van der Waals surface area (Å²) in [5.74, 6) is -1.19. The van der Waals surface area contributed by atoms with Crippen LogP contribution in [-0.4, -0.2) is 47.7 Å². The Kier molecular flexibility index (Phi) is 5.59. The minimum atomic E-state index is -0.801. The summed E-state index contributed by atoms with van der Waals surface area (Å²) in [6.07, 6.45) is 2.59. The lowest BCUT2D eigenvalue weighted by molar-refractivity contribution is -0.149. The fourth-order valence-corrected chi connectivity index (χ4v) is 2.41. The van der Waals surface area contributed by atoms with Gasteiger partial charge in [0.15, 0.2) is 0 Å². The average Bonchev–Trinajstić information content (AvgIpc) is 2.35. The van der Waals surface area contributed by atoms with Crippen LogP contribution in [0.2, 0.25) is 0 Å². The minimum Gasteiger partial charge on any atom is -0.481 e. The highest BCUT2D eigenvalue weighted by Gasteiger charge is 2.34. The van der Waals surface area contributed by atoms with Crippen molar-refractivity contribution in [1.29, 1.82) is 0 Å². The van der Waals surface area contributed by atoms with Crippen molar-refractivity contribution in [2.75, 3.05) is 13.7 Å². The SMILES string of the molecule is COC(C)CCC(=O)N1CCC[C@H](C(=O)O)[C@@H]1C. The molecule has 1 rings (SSSR count). The molecular formula is C13H23NO4. The van der Waals surface area contributed by atoms with Crippen molar-refractivity contribution >= 4 is 11.9 Å². The predicted molar refractivity (Wildman–Crippen MR) is 67.2 cm³/mol. The number of hydrogen-bond acceptors (Lipinski definition) is 3. The number of methoxy groups -OCH3 is 1. The maximum absolute atomic E-state index is 12.1. The molecule has 1 unspecified atom stereocenters. The maximum Gasteiger partial charge on any atom is 0.308 e. The molecule has 1 amide bonds. The molecule has 5 nitrogen and oxygen atoms in total. The van der Waals surface area contributed by atoms with E-state index in [1.807, 2.05) is 13.8 Å². The number of carboxylic acids is 1. The average molecular weight is 257 g/mol. The highest BCUT2D eigenvalue weighted by Crippen LogP contribution is 2.24. The smallest absolute Gasteiger partial charge is 0.308 e. The number of rotatable bonds is 5. The lowest BCUT2D eigenvalue weighted by Crippen LogP contribution is -2.49. The molecule has 1 fully saturated rings. The first kappa shape index (κ1) is 15.0. The van der Waals surface area contributed by atoms with Crippen molar-refractivity contribution in [2.45, 2.75) is 51.7 Å². The Bertz CT molecular complexity index is 305. The first-order valence-electron chi connectivity index (χ1n) is 6.52. The van der Waals surface area contributed by atoms with Crippen molar-refractivity contribution in [2.24, 2.45) is 5.92 Å². The second-order valence-corrected chi connectivity index (χ2v) is 5.00. The Labute approximate surface area is 108 Å². The molecule has 1 saturated heterocycles. The Morgan fingerprint density at radius 2 is 2.17 bits per heavy atom. The first-order valence-corrected chi connectivity index (χ1v) is 6.52. The van der Waals surface area contributed by atoms with E-state index < -0.39 is 11.9 Å². The van der Waals surface area contributed by atoms with E-state index in [-0.39, 0.29) is 18.1 Å². The van der Waals surface area contributed by atoms with Crippen LogP contribution < -0.4 is 0 Å². The molecule has 0 aromatic rings. The number of carboxylic acid groups (broad SMARTS) is 1. The summed E-state index contributed by atoms with van der Waals surface area (Å²) in [5.41, 5.74) is 0. The largest absolute Gasteiger partial charge is 0.481 e. The third-order valence-corrected chi connectivity index (χ3v) is 3.79. The normalized spacial score (nSPS) is 25.8. The molecule has 0 aromatic heterocycles. The van der Waals surface area contributed by atoms with E-state index in [0.717, 1.165) is 6.42 Å². The fraction of sp³-hybridized carbons (Fsp3) is 0.846. The second kappa shape index (κ2) is 6.73. The van der Waals surface area contributed by atoms with Gasteiger partial charge in [-0.1, -0.05) is 0 Å². The molecule has 3 atom stereocenters. The monoisotopic (exact) mass is 257 g/mol. The van der Waals surface area contributed by atoms with Crippen molar-refractivity contribution in [3.05, 3.63) is 0 Å². The van der Waals surface area contributed by atoms with Crippen molar-refractivity contribution in [3.8, 4) is 0 Å². The van der Waals surface area contributed by atoms with Gasteiger partial charge in [-0.25, -0.2) is 0 Å². The molecule has 1 N–H and O–H groups in total. The zero-order chi connectivity index (χ0) is 13.7. The lowest BCUT2D eigenvalue weighted by Gasteiger charge is -2.37. The van der Waals surface area contributed by atoms with Gasteiger partial charge in [0.1, 0.15) is 0 Å². The fourth-order valence-electron chi connectivity index (χ4n) is 2.41. The number of amides is 1. The topological polar surface area (TPSA) is 66.8 Å². The van der Waals surface area contributed by atoms with Gasteiger partial charge in [0.05, 0.1) is 12.0 Å². The van der Waals surface area contributed by atoms with Crippen LogP contribution >= 0.6 is 0 Å². The standard InChI is InChI=1S/C13H23NO4/c1-9(18-3)6-7-12(15)14-8-4-5-11(10(14)2)13(16)17/h9-11H,4-8H2,1-3H3,(H,16,17)/t9?,10-,11-/m0/s1. The molecule has 104 valence electrons. The summed E-state index contributed by atoms with van der Waals surface area (Å²) >= 11 is 0. The van der Waals surface area contributed by atoms with E-state index in [1.54, 1.807) is 12.0 Å². The number of carbonyl (C=O) groups is 2. The van der Waals surface area contributed by atoms with Gasteiger partial charge in [-0.3, -0.25) is 9.59 Å². The van der Waals surface area contributed by atoms with E-state index in [1.165, 1.54) is 0 Å². The highest BCUT2D eigenvalue weighted by molar-refractivity contribution is 5.78. The molecule has 0 spiro atoms. The maximum atomic E-state index is 12.1. The van der Waals surface area contributed by atoms with Gasteiger partial charge in [0.2, 0.25) is 5.91 Å². The van der Waals surface area contributed by atoms with Crippen molar-refractivity contribution in [1.82, 2.24) is 4.90 Å². The van der Waals surface area contributed by atoms with Gasteiger partial charge in [0.25, 0.3) is 0 Å². The second-order valence-electron chi connectivity index (χ2n) is 5.00. The molecule has 1 heterocycles. The summed E-state index contributed by atoms with van der Waals surface area (Å²) in [6.45, 7) is 4.42. The first-order chi connectivity index (χ1) is 8.47. The van der Waals surface area contributed by atoms with Gasteiger partial charge < -0.3 is 14.7 Å². The van der Waals surface area contributed by atoms with Gasteiger partial charge >= 0.3 is 5.97 Å². The van der Waals surface area contributed by atoms with Gasteiger partial charge in [-0.15, -0.1) is 0 Å². The molecule has 5 heteroatoms. The molecule has 0 bridgehead atoms. The Hall–Kier alpha value is -1.10. The summed E-state index contributed by atoms with van der Waals surface area (Å²) in [5, 5.41) is 9.11. The number of aliphatic carboxylic acids is 1. The van der Waals surface area contributed by atoms with Crippen LogP contribution in [0.15, 0.2) is 0 Å². The van der Waals surface area contributed by atoms with Crippen LogP contribution in [0, 0.1) is 5.92 Å². The van der Waals surface area contributed by atoms with Crippen LogP contribution in [0.3, 0.4) is 0 Å². The number of hydrogen-bond donors (Lipinski definition) is 1. The van der Waals surface area contributed by atoms with Crippen molar-refractivity contribution < 1.29 is 19.4 Å². The van der Waals surface area contributed by atoms with Crippen LogP contribution in [0.1, 0.15) is 39.5 Å². The van der Waals surface area contributed by atoms with Crippen LogP contribution in [0.5, 0.6) is 0 Å². The third-order valence-electron chi connectivity index (χ3n) is 3.79. The molecule has 1 aliphatic heterocycles. The zero-order valence-electron chi connectivity index (χ0n) is 11.4. The number of nitrogens with zero attached hydrogens (tertiary/aromatic N) is 1. The lowest BCUT2D eigenvalue weighted by atomic mass is 9.90. The van der Waals surface area contributed by atoms with Crippen LogP contribution in [0.25, 0.3) is 0 Å². The number of carbonyl (C=O) groups excluding carboxylic acids is 1. The molecule has 1 aliphatic rings. The Morgan fingerprint density at radius 3 is 2.72 bits per heavy atom. The number of ether oxygens (including phenoxy) is 1. The van der Waals surface area contributed by atoms with Crippen LogP contribution in [-0.2, 0) is 14.3 Å². The zero-order valence-corrected chi connectivity index (χ0v) is 11.4. The third kappa shape index (κ3) is 3.70.